The van der Waals surface area contributed by atoms with E-state index in [0.717, 1.165) is 16.7 Å². The minimum Gasteiger partial charge on any atom is -0.466 e. The number of benzene rings is 2. The quantitative estimate of drug-likeness (QED) is 0.525. The van der Waals surface area contributed by atoms with E-state index in [4.69, 9.17) is 4.74 Å². The van der Waals surface area contributed by atoms with Gasteiger partial charge in [0.05, 0.1) is 13.2 Å². The number of halogens is 2. The summed E-state index contributed by atoms with van der Waals surface area (Å²) in [5, 5.41) is 0. The van der Waals surface area contributed by atoms with Crippen LogP contribution in [-0.2, 0) is 14.3 Å². The topological polar surface area (TPSA) is 35.5 Å². The largest absolute Gasteiger partial charge is 0.466 e. The van der Waals surface area contributed by atoms with Crippen LogP contribution in [0.5, 0.6) is 0 Å². The number of allylic oxidation sites excluding steroid dienone is 2. The lowest BCUT2D eigenvalue weighted by atomic mass is 9.91. The molecule has 0 atom stereocenters. The SMILES string of the molecule is COC(=O)/C=C1\OC(C=C(c2ccc(F)cc2)c2ccc(F)cc2)=CC1(C)C. The molecule has 0 fully saturated rings. The monoisotopic (exact) mass is 382 g/mol. The molecule has 0 spiro atoms. The minimum atomic E-state index is -0.503. The highest BCUT2D eigenvalue weighted by Gasteiger charge is 2.31. The second kappa shape index (κ2) is 7.80. The summed E-state index contributed by atoms with van der Waals surface area (Å²) in [7, 11) is 1.30. The molecule has 144 valence electrons. The van der Waals surface area contributed by atoms with Crippen molar-refractivity contribution in [3.05, 3.63) is 101 Å². The zero-order chi connectivity index (χ0) is 20.3. The lowest BCUT2D eigenvalue weighted by molar-refractivity contribution is -0.135. The van der Waals surface area contributed by atoms with E-state index in [2.05, 4.69) is 4.74 Å². The molecule has 0 radical (unpaired) electrons. The molecule has 2 aromatic rings. The standard InChI is InChI=1S/C23H20F2O3/c1-23(2)14-19(28-21(23)13-22(26)27-3)12-20(15-4-8-17(24)9-5-15)16-6-10-18(25)11-7-16/h4-14H,1-3H3/b21-13-. The summed E-state index contributed by atoms with van der Waals surface area (Å²) in [6.07, 6.45) is 4.99. The van der Waals surface area contributed by atoms with Crippen LogP contribution in [0.3, 0.4) is 0 Å². The van der Waals surface area contributed by atoms with Crippen LogP contribution in [0, 0.1) is 17.0 Å². The Morgan fingerprint density at radius 1 is 0.964 bits per heavy atom. The van der Waals surface area contributed by atoms with Gasteiger partial charge in [-0.15, -0.1) is 0 Å². The first-order valence-corrected chi connectivity index (χ1v) is 8.73. The van der Waals surface area contributed by atoms with Gasteiger partial charge >= 0.3 is 5.97 Å². The van der Waals surface area contributed by atoms with Gasteiger partial charge in [-0.3, -0.25) is 0 Å². The van der Waals surface area contributed by atoms with Gasteiger partial charge in [-0.1, -0.05) is 24.3 Å². The highest BCUT2D eigenvalue weighted by atomic mass is 19.1. The molecule has 0 bridgehead atoms. The van der Waals surface area contributed by atoms with E-state index in [9.17, 15) is 13.6 Å². The fourth-order valence-corrected chi connectivity index (χ4v) is 2.90. The van der Waals surface area contributed by atoms with E-state index < -0.39 is 11.4 Å². The molecule has 0 N–H and O–H groups in total. The molecular formula is C23H20F2O3. The Bertz CT molecular complexity index is 918. The second-order valence-electron chi connectivity index (χ2n) is 6.97. The zero-order valence-corrected chi connectivity index (χ0v) is 15.8. The van der Waals surface area contributed by atoms with Gasteiger partial charge in [0.1, 0.15) is 23.2 Å². The second-order valence-corrected chi connectivity index (χ2v) is 6.97. The van der Waals surface area contributed by atoms with Gasteiger partial charge in [0.15, 0.2) is 0 Å². The van der Waals surface area contributed by atoms with Gasteiger partial charge in [-0.2, -0.15) is 0 Å². The number of hydrogen-bond acceptors (Lipinski definition) is 3. The first kappa shape index (κ1) is 19.5. The Hall–Kier alpha value is -3.21. The van der Waals surface area contributed by atoms with Crippen LogP contribution >= 0.6 is 0 Å². The summed E-state index contributed by atoms with van der Waals surface area (Å²) >= 11 is 0. The van der Waals surface area contributed by atoms with E-state index in [-0.39, 0.29) is 11.6 Å². The maximum absolute atomic E-state index is 13.4. The first-order chi connectivity index (χ1) is 13.3. The number of methoxy groups -OCH3 is 1. The fraction of sp³-hybridized carbons (Fsp3) is 0.174. The van der Waals surface area contributed by atoms with E-state index in [1.807, 2.05) is 19.9 Å². The Morgan fingerprint density at radius 2 is 1.46 bits per heavy atom. The van der Waals surface area contributed by atoms with Crippen molar-refractivity contribution in [2.24, 2.45) is 5.41 Å². The molecule has 5 heteroatoms. The summed E-state index contributed by atoms with van der Waals surface area (Å²) in [4.78, 5) is 11.6. The van der Waals surface area contributed by atoms with Crippen molar-refractivity contribution in [2.45, 2.75) is 13.8 Å². The maximum Gasteiger partial charge on any atom is 0.333 e. The van der Waals surface area contributed by atoms with Crippen molar-refractivity contribution < 1.29 is 23.0 Å². The van der Waals surface area contributed by atoms with Crippen LogP contribution in [-0.4, -0.2) is 13.1 Å². The molecule has 2 aromatic carbocycles. The van der Waals surface area contributed by atoms with Crippen molar-refractivity contribution in [2.75, 3.05) is 7.11 Å². The Balaban J connectivity index is 2.04. The van der Waals surface area contributed by atoms with Gasteiger partial charge in [-0.05, 0) is 67.0 Å². The first-order valence-electron chi connectivity index (χ1n) is 8.73. The van der Waals surface area contributed by atoms with Crippen molar-refractivity contribution in [1.29, 1.82) is 0 Å². The highest BCUT2D eigenvalue weighted by molar-refractivity contribution is 5.83. The molecule has 0 saturated heterocycles. The molecule has 28 heavy (non-hydrogen) atoms. The number of rotatable bonds is 4. The summed E-state index contributed by atoms with van der Waals surface area (Å²) in [6, 6.07) is 12.1. The van der Waals surface area contributed by atoms with Crippen LogP contribution in [0.25, 0.3) is 5.57 Å². The van der Waals surface area contributed by atoms with Crippen LogP contribution in [0.1, 0.15) is 25.0 Å². The van der Waals surface area contributed by atoms with E-state index >= 15 is 0 Å². The smallest absolute Gasteiger partial charge is 0.333 e. The van der Waals surface area contributed by atoms with Crippen LogP contribution in [0.4, 0.5) is 8.78 Å². The third-order valence-corrected chi connectivity index (χ3v) is 4.41. The molecule has 3 rings (SSSR count). The van der Waals surface area contributed by atoms with Gasteiger partial charge in [0.25, 0.3) is 0 Å². The van der Waals surface area contributed by atoms with E-state index in [1.165, 1.54) is 37.5 Å². The number of carbonyl (C=O) groups excluding carboxylic acids is 1. The van der Waals surface area contributed by atoms with Crippen molar-refractivity contribution in [3.8, 4) is 0 Å². The molecule has 0 saturated carbocycles. The lowest BCUT2D eigenvalue weighted by Gasteiger charge is -2.15. The third-order valence-electron chi connectivity index (χ3n) is 4.41. The number of carbonyl (C=O) groups is 1. The molecule has 0 aliphatic carbocycles. The number of esters is 1. The molecule has 1 aliphatic heterocycles. The number of hydrogen-bond donors (Lipinski definition) is 0. The molecular weight excluding hydrogens is 362 g/mol. The van der Waals surface area contributed by atoms with E-state index in [0.29, 0.717) is 11.5 Å². The fourth-order valence-electron chi connectivity index (χ4n) is 2.90. The molecule has 3 nitrogen and oxygen atoms in total. The normalized spacial score (nSPS) is 16.3. The Kier molecular flexibility index (Phi) is 5.45. The molecule has 1 heterocycles. The van der Waals surface area contributed by atoms with Crippen molar-refractivity contribution in [1.82, 2.24) is 0 Å². The van der Waals surface area contributed by atoms with Gasteiger partial charge in [-0.25, -0.2) is 13.6 Å². The molecule has 0 unspecified atom stereocenters. The predicted octanol–water partition coefficient (Wildman–Crippen LogP) is 5.39. The van der Waals surface area contributed by atoms with Gasteiger partial charge in [0.2, 0.25) is 0 Å². The molecule has 0 aromatic heterocycles. The average Bonchev–Trinajstić information content (AvgIpc) is 2.94. The van der Waals surface area contributed by atoms with Crippen molar-refractivity contribution >= 4 is 11.5 Å². The maximum atomic E-state index is 13.4. The van der Waals surface area contributed by atoms with Crippen LogP contribution < -0.4 is 0 Å². The summed E-state index contributed by atoms with van der Waals surface area (Å²) in [5.41, 5.74) is 1.74. The number of ether oxygens (including phenoxy) is 2. The molecule has 0 amide bonds. The summed E-state index contributed by atoms with van der Waals surface area (Å²) in [6.45, 7) is 3.83. The molecule has 1 aliphatic rings. The van der Waals surface area contributed by atoms with Gasteiger partial charge < -0.3 is 9.47 Å². The average molecular weight is 382 g/mol. The third kappa shape index (κ3) is 4.36. The Labute approximate surface area is 162 Å². The van der Waals surface area contributed by atoms with Crippen LogP contribution in [0.2, 0.25) is 0 Å². The van der Waals surface area contributed by atoms with Crippen LogP contribution in [0.15, 0.2) is 78.3 Å². The van der Waals surface area contributed by atoms with Crippen molar-refractivity contribution in [3.63, 3.8) is 0 Å². The lowest BCUT2D eigenvalue weighted by Crippen LogP contribution is -2.10. The highest BCUT2D eigenvalue weighted by Crippen LogP contribution is 2.40. The summed E-state index contributed by atoms with van der Waals surface area (Å²) < 4.78 is 37.3. The van der Waals surface area contributed by atoms with Gasteiger partial charge in [0, 0.05) is 5.41 Å². The minimum absolute atomic E-state index is 0.344. The van der Waals surface area contributed by atoms with E-state index in [1.54, 1.807) is 30.3 Å². The predicted molar refractivity (Wildman–Crippen MR) is 103 cm³/mol. The Morgan fingerprint density at radius 3 is 1.93 bits per heavy atom. The summed E-state index contributed by atoms with van der Waals surface area (Å²) in [5.74, 6) is -0.197. The zero-order valence-electron chi connectivity index (χ0n) is 15.8.